The van der Waals surface area contributed by atoms with Gasteiger partial charge < -0.3 is 9.88 Å². The number of halogens is 3. The first kappa shape index (κ1) is 26.3. The monoisotopic (exact) mass is 527 g/mol. The molecule has 0 spiro atoms. The molecular formula is C27H24F3N3O3S. The van der Waals surface area contributed by atoms with Crippen LogP contribution in [0, 0.1) is 13.8 Å². The zero-order valence-electron chi connectivity index (χ0n) is 20.3. The van der Waals surface area contributed by atoms with Gasteiger partial charge in [-0.3, -0.25) is 19.3 Å². The number of carbonyl (C=O) groups is 3. The van der Waals surface area contributed by atoms with E-state index < -0.39 is 35.3 Å². The lowest BCUT2D eigenvalue weighted by molar-refractivity contribution is -0.137. The molecule has 37 heavy (non-hydrogen) atoms. The molecule has 0 saturated carbocycles. The number of imide groups is 1. The van der Waals surface area contributed by atoms with Gasteiger partial charge in [-0.2, -0.15) is 13.2 Å². The van der Waals surface area contributed by atoms with Crippen LogP contribution in [-0.2, 0) is 22.2 Å². The molecule has 0 bridgehead atoms. The number of nitrogens with zero attached hydrogens (tertiary/aromatic N) is 2. The summed E-state index contributed by atoms with van der Waals surface area (Å²) in [5, 5.41) is 2.11. The first-order valence-corrected chi connectivity index (χ1v) is 12.3. The van der Waals surface area contributed by atoms with E-state index in [1.807, 2.05) is 19.1 Å². The lowest BCUT2D eigenvalue weighted by Crippen LogP contribution is -2.36. The first-order valence-electron chi connectivity index (χ1n) is 11.5. The number of rotatable bonds is 6. The minimum absolute atomic E-state index is 0.134. The summed E-state index contributed by atoms with van der Waals surface area (Å²) < 4.78 is 41.2. The van der Waals surface area contributed by atoms with E-state index in [2.05, 4.69) is 5.32 Å². The molecule has 1 aromatic heterocycles. The van der Waals surface area contributed by atoms with Gasteiger partial charge in [0, 0.05) is 22.8 Å². The SMILES string of the molecule is CCc1ccc(NC(=O)CN2C(=O)S/C(=C\c3cc(C)n(-c4cccc(C(F)(F)F)c4)c3C)C2=O)cc1. The molecular weight excluding hydrogens is 503 g/mol. The second-order valence-corrected chi connectivity index (χ2v) is 9.57. The van der Waals surface area contributed by atoms with Gasteiger partial charge in [0.05, 0.1) is 10.5 Å². The quantitative estimate of drug-likeness (QED) is 0.379. The summed E-state index contributed by atoms with van der Waals surface area (Å²) in [5.74, 6) is -1.11. The van der Waals surface area contributed by atoms with Crippen molar-refractivity contribution >= 4 is 40.6 Å². The smallest absolute Gasteiger partial charge is 0.325 e. The van der Waals surface area contributed by atoms with Gasteiger partial charge in [0.2, 0.25) is 5.91 Å². The molecule has 192 valence electrons. The average Bonchev–Trinajstić information content (AvgIpc) is 3.27. The number of aromatic nitrogens is 1. The lowest BCUT2D eigenvalue weighted by atomic mass is 10.1. The Hall–Kier alpha value is -3.79. The zero-order chi connectivity index (χ0) is 26.9. The van der Waals surface area contributed by atoms with Crippen LogP contribution in [-0.4, -0.2) is 33.1 Å². The number of thioether (sulfide) groups is 1. The summed E-state index contributed by atoms with van der Waals surface area (Å²) in [5.41, 5.74) is 3.10. The first-order chi connectivity index (χ1) is 17.5. The van der Waals surface area contributed by atoms with Gasteiger partial charge in [-0.25, -0.2) is 0 Å². The predicted molar refractivity (Wildman–Crippen MR) is 137 cm³/mol. The minimum atomic E-state index is -4.47. The maximum absolute atomic E-state index is 13.2. The summed E-state index contributed by atoms with van der Waals surface area (Å²) in [6, 6.07) is 14.0. The molecule has 0 radical (unpaired) electrons. The maximum atomic E-state index is 13.2. The molecule has 4 rings (SSSR count). The van der Waals surface area contributed by atoms with Crippen molar-refractivity contribution in [3.63, 3.8) is 0 Å². The minimum Gasteiger partial charge on any atom is -0.325 e. The van der Waals surface area contributed by atoms with Gasteiger partial charge in [-0.15, -0.1) is 0 Å². The molecule has 1 N–H and O–H groups in total. The molecule has 2 heterocycles. The molecule has 1 aliphatic heterocycles. The van der Waals surface area contributed by atoms with Crippen LogP contribution in [0.25, 0.3) is 11.8 Å². The maximum Gasteiger partial charge on any atom is 0.416 e. The fraction of sp³-hybridized carbons (Fsp3) is 0.222. The number of anilines is 1. The molecule has 10 heteroatoms. The summed E-state index contributed by atoms with van der Waals surface area (Å²) in [7, 11) is 0. The zero-order valence-corrected chi connectivity index (χ0v) is 21.2. The van der Waals surface area contributed by atoms with Crippen LogP contribution in [0.15, 0.2) is 59.5 Å². The number of carbonyl (C=O) groups excluding carboxylic acids is 3. The number of hydrogen-bond acceptors (Lipinski definition) is 4. The van der Waals surface area contributed by atoms with E-state index in [0.29, 0.717) is 40.1 Å². The van der Waals surface area contributed by atoms with Crippen LogP contribution < -0.4 is 5.32 Å². The highest BCUT2D eigenvalue weighted by atomic mass is 32.2. The van der Waals surface area contributed by atoms with E-state index in [9.17, 15) is 27.6 Å². The Labute approximate surface area is 216 Å². The van der Waals surface area contributed by atoms with Gasteiger partial charge in [-0.1, -0.05) is 25.1 Å². The third-order valence-electron chi connectivity index (χ3n) is 6.01. The molecule has 1 fully saturated rings. The van der Waals surface area contributed by atoms with E-state index in [-0.39, 0.29) is 4.91 Å². The summed E-state index contributed by atoms with van der Waals surface area (Å²) in [4.78, 5) is 38.9. The fourth-order valence-corrected chi connectivity index (χ4v) is 4.93. The fourth-order valence-electron chi connectivity index (χ4n) is 4.10. The number of aryl methyl sites for hydroxylation is 2. The predicted octanol–water partition coefficient (Wildman–Crippen LogP) is 6.35. The van der Waals surface area contributed by atoms with E-state index >= 15 is 0 Å². The Bertz CT molecular complexity index is 1410. The molecule has 0 aliphatic carbocycles. The molecule has 3 aromatic rings. The van der Waals surface area contributed by atoms with E-state index in [1.165, 1.54) is 12.1 Å². The number of amides is 3. The highest BCUT2D eigenvalue weighted by Crippen LogP contribution is 2.35. The molecule has 1 saturated heterocycles. The van der Waals surface area contributed by atoms with Crippen molar-refractivity contribution in [2.45, 2.75) is 33.4 Å². The Morgan fingerprint density at radius 2 is 1.76 bits per heavy atom. The van der Waals surface area contributed by atoms with E-state index in [0.717, 1.165) is 29.0 Å². The largest absolute Gasteiger partial charge is 0.416 e. The van der Waals surface area contributed by atoms with Crippen molar-refractivity contribution in [3.8, 4) is 5.69 Å². The van der Waals surface area contributed by atoms with Crippen molar-refractivity contribution in [3.05, 3.63) is 87.6 Å². The Morgan fingerprint density at radius 1 is 1.05 bits per heavy atom. The molecule has 3 amide bonds. The Balaban J connectivity index is 1.53. The standard InChI is InChI=1S/C27H24F3N3O3S/c1-4-18-8-10-21(11-9-18)31-24(34)15-32-25(35)23(37-26(32)36)13-19-12-16(2)33(17(19)3)22-7-5-6-20(14-22)27(28,29)30/h5-14H,4,15H2,1-3H3,(H,31,34)/b23-13-. The van der Waals surface area contributed by atoms with Gasteiger partial charge in [-0.05, 0) is 85.6 Å². The third kappa shape index (κ3) is 5.64. The van der Waals surface area contributed by atoms with Crippen molar-refractivity contribution in [1.29, 1.82) is 0 Å². The van der Waals surface area contributed by atoms with Crippen molar-refractivity contribution in [2.24, 2.45) is 0 Å². The number of alkyl halides is 3. The van der Waals surface area contributed by atoms with Gasteiger partial charge in [0.25, 0.3) is 11.1 Å². The topological polar surface area (TPSA) is 71.4 Å². The Morgan fingerprint density at radius 3 is 2.41 bits per heavy atom. The summed E-state index contributed by atoms with van der Waals surface area (Å²) in [6.45, 7) is 5.05. The molecule has 1 aliphatic rings. The van der Waals surface area contributed by atoms with Crippen molar-refractivity contribution < 1.29 is 27.6 Å². The van der Waals surface area contributed by atoms with Crippen LogP contribution in [0.1, 0.15) is 35.0 Å². The summed E-state index contributed by atoms with van der Waals surface area (Å²) in [6.07, 6.45) is -2.09. The average molecular weight is 528 g/mol. The Kier molecular flexibility index (Phi) is 7.31. The second-order valence-electron chi connectivity index (χ2n) is 8.58. The molecule has 0 atom stereocenters. The van der Waals surface area contributed by atoms with Crippen LogP contribution >= 0.6 is 11.8 Å². The normalized spacial score (nSPS) is 15.1. The van der Waals surface area contributed by atoms with Gasteiger partial charge >= 0.3 is 6.18 Å². The lowest BCUT2D eigenvalue weighted by Gasteiger charge is -2.13. The van der Waals surface area contributed by atoms with Crippen LogP contribution in [0.4, 0.5) is 23.7 Å². The van der Waals surface area contributed by atoms with Gasteiger partial charge in [0.1, 0.15) is 6.54 Å². The highest BCUT2D eigenvalue weighted by Gasteiger charge is 2.36. The van der Waals surface area contributed by atoms with Crippen molar-refractivity contribution in [2.75, 3.05) is 11.9 Å². The van der Waals surface area contributed by atoms with Crippen molar-refractivity contribution in [1.82, 2.24) is 9.47 Å². The third-order valence-corrected chi connectivity index (χ3v) is 6.92. The molecule has 2 aromatic carbocycles. The molecule has 0 unspecified atom stereocenters. The van der Waals surface area contributed by atoms with Crippen LogP contribution in [0.5, 0.6) is 0 Å². The highest BCUT2D eigenvalue weighted by molar-refractivity contribution is 8.18. The number of benzene rings is 2. The number of nitrogens with one attached hydrogen (secondary N) is 1. The number of hydrogen-bond donors (Lipinski definition) is 1. The van der Waals surface area contributed by atoms with Crippen LogP contribution in [0.3, 0.4) is 0 Å². The van der Waals surface area contributed by atoms with E-state index in [1.54, 1.807) is 42.7 Å². The molecule has 6 nitrogen and oxygen atoms in total. The summed E-state index contributed by atoms with van der Waals surface area (Å²) >= 11 is 0.716. The second kappa shape index (κ2) is 10.3. The van der Waals surface area contributed by atoms with Gasteiger partial charge in [0.15, 0.2) is 0 Å². The van der Waals surface area contributed by atoms with E-state index in [4.69, 9.17) is 0 Å². The van der Waals surface area contributed by atoms with Crippen LogP contribution in [0.2, 0.25) is 0 Å².